The molecule has 0 amide bonds. The van der Waals surface area contributed by atoms with Crippen LogP contribution in [0.4, 0.5) is 5.69 Å². The fourth-order valence-electron chi connectivity index (χ4n) is 3.55. The van der Waals surface area contributed by atoms with Crippen LogP contribution in [-0.4, -0.2) is 37.4 Å². The highest BCUT2D eigenvalue weighted by Gasteiger charge is 2.21. The molecule has 5 heteroatoms. The van der Waals surface area contributed by atoms with Crippen LogP contribution in [0.15, 0.2) is 46.6 Å². The van der Waals surface area contributed by atoms with E-state index in [0.29, 0.717) is 12.8 Å². The van der Waals surface area contributed by atoms with Gasteiger partial charge in [0.2, 0.25) is 6.79 Å². The number of rotatable bonds is 5. The molecule has 0 bridgehead atoms. The van der Waals surface area contributed by atoms with Crippen LogP contribution in [0, 0.1) is 0 Å². The van der Waals surface area contributed by atoms with E-state index in [-0.39, 0.29) is 0 Å². The Morgan fingerprint density at radius 3 is 3.08 bits per heavy atom. The number of likely N-dealkylation sites (tertiary alicyclic amines) is 1. The van der Waals surface area contributed by atoms with Crippen LogP contribution in [0.2, 0.25) is 0 Å². The van der Waals surface area contributed by atoms with Crippen LogP contribution < -0.4 is 14.8 Å². The number of hydrogen-bond acceptors (Lipinski definition) is 5. The monoisotopic (exact) mass is 340 g/mol. The van der Waals surface area contributed by atoms with Gasteiger partial charge in [-0.15, -0.1) is 0 Å². The van der Waals surface area contributed by atoms with Crippen molar-refractivity contribution in [2.75, 3.05) is 31.7 Å². The van der Waals surface area contributed by atoms with Gasteiger partial charge in [-0.1, -0.05) is 5.57 Å². The summed E-state index contributed by atoms with van der Waals surface area (Å²) >= 11 is 0. The van der Waals surface area contributed by atoms with E-state index in [1.165, 1.54) is 18.4 Å². The number of anilines is 1. The van der Waals surface area contributed by atoms with Crippen molar-refractivity contribution in [3.05, 3.63) is 47.9 Å². The molecule has 132 valence electrons. The van der Waals surface area contributed by atoms with Gasteiger partial charge in [0.15, 0.2) is 11.5 Å². The zero-order valence-electron chi connectivity index (χ0n) is 14.5. The van der Waals surface area contributed by atoms with Crippen LogP contribution >= 0.6 is 0 Å². The van der Waals surface area contributed by atoms with E-state index in [0.717, 1.165) is 42.6 Å². The maximum atomic E-state index is 5.46. The summed E-state index contributed by atoms with van der Waals surface area (Å²) in [6.45, 7) is 5.63. The number of fused-ring (bicyclic) bond motifs is 1. The first-order valence-corrected chi connectivity index (χ1v) is 8.85. The molecule has 1 saturated heterocycles. The molecule has 4 rings (SSSR count). The predicted octanol–water partition coefficient (Wildman–Crippen LogP) is 3.99. The second kappa shape index (κ2) is 7.23. The number of benzene rings is 1. The van der Waals surface area contributed by atoms with E-state index in [9.17, 15) is 0 Å². The van der Waals surface area contributed by atoms with Crippen molar-refractivity contribution in [3.63, 3.8) is 0 Å². The van der Waals surface area contributed by atoms with Gasteiger partial charge in [-0.05, 0) is 56.7 Å². The highest BCUT2D eigenvalue weighted by Crippen LogP contribution is 2.34. The minimum atomic E-state index is 0.317. The summed E-state index contributed by atoms with van der Waals surface area (Å²) in [5, 5.41) is 3.64. The molecule has 1 unspecified atom stereocenters. The Balaban J connectivity index is 1.34. The smallest absolute Gasteiger partial charge is 0.231 e. The zero-order valence-corrected chi connectivity index (χ0v) is 14.5. The molecule has 1 N–H and O–H groups in total. The molecule has 0 saturated carbocycles. The average Bonchev–Trinajstić information content (AvgIpc) is 3.26. The molecule has 1 aromatic heterocycles. The molecule has 2 aliphatic heterocycles. The zero-order chi connectivity index (χ0) is 17.1. The summed E-state index contributed by atoms with van der Waals surface area (Å²) in [6.07, 6.45) is 6.22. The summed E-state index contributed by atoms with van der Waals surface area (Å²) in [7, 11) is 0. The van der Waals surface area contributed by atoms with Crippen molar-refractivity contribution in [1.29, 1.82) is 0 Å². The molecule has 2 aliphatic rings. The lowest BCUT2D eigenvalue weighted by Crippen LogP contribution is -2.42. The van der Waals surface area contributed by atoms with E-state index < -0.39 is 0 Å². The molecular formula is C20H24N2O3. The fraction of sp³-hybridized carbons (Fsp3) is 0.400. The van der Waals surface area contributed by atoms with Gasteiger partial charge in [-0.3, -0.25) is 4.90 Å². The summed E-state index contributed by atoms with van der Waals surface area (Å²) < 4.78 is 16.2. The Hall–Kier alpha value is -2.40. The number of furan rings is 1. The Kier molecular flexibility index (Phi) is 4.65. The van der Waals surface area contributed by atoms with Gasteiger partial charge in [0.1, 0.15) is 5.76 Å². The number of hydrogen-bond donors (Lipinski definition) is 1. The number of nitrogens with zero attached hydrogens (tertiary/aromatic N) is 1. The van der Waals surface area contributed by atoms with Crippen molar-refractivity contribution in [3.8, 4) is 11.5 Å². The third-order valence-corrected chi connectivity index (χ3v) is 4.65. The summed E-state index contributed by atoms with van der Waals surface area (Å²) in [5.74, 6) is 2.58. The Bertz CT molecular complexity index is 739. The lowest BCUT2D eigenvalue weighted by molar-refractivity contribution is 0.174. The molecule has 0 spiro atoms. The van der Waals surface area contributed by atoms with Crippen molar-refractivity contribution >= 4 is 11.8 Å². The average molecular weight is 340 g/mol. The van der Waals surface area contributed by atoms with Gasteiger partial charge in [0.05, 0.1) is 6.26 Å². The first-order valence-electron chi connectivity index (χ1n) is 8.85. The van der Waals surface area contributed by atoms with Crippen LogP contribution in [0.1, 0.15) is 25.5 Å². The fourth-order valence-corrected chi connectivity index (χ4v) is 3.55. The first kappa shape index (κ1) is 16.1. The Labute approximate surface area is 148 Å². The van der Waals surface area contributed by atoms with Crippen molar-refractivity contribution < 1.29 is 13.9 Å². The van der Waals surface area contributed by atoms with Gasteiger partial charge in [0.25, 0.3) is 0 Å². The molecular weight excluding hydrogens is 316 g/mol. The molecule has 25 heavy (non-hydrogen) atoms. The summed E-state index contributed by atoms with van der Waals surface area (Å²) in [5.41, 5.74) is 2.41. The van der Waals surface area contributed by atoms with Crippen molar-refractivity contribution in [2.24, 2.45) is 0 Å². The molecule has 0 radical (unpaired) electrons. The standard InChI is InChI=1S/C20H24N2O3/c1-15(10-18-5-3-9-23-18)12-22-8-2-4-17(13-22)21-16-6-7-19-20(11-16)25-14-24-19/h3,5-7,9-11,17,21H,2,4,8,12-14H2,1H3. The van der Waals surface area contributed by atoms with E-state index in [1.54, 1.807) is 6.26 Å². The van der Waals surface area contributed by atoms with Gasteiger partial charge < -0.3 is 19.2 Å². The highest BCUT2D eigenvalue weighted by molar-refractivity contribution is 5.56. The topological polar surface area (TPSA) is 46.9 Å². The van der Waals surface area contributed by atoms with Gasteiger partial charge >= 0.3 is 0 Å². The van der Waals surface area contributed by atoms with E-state index in [2.05, 4.69) is 29.3 Å². The quantitative estimate of drug-likeness (QED) is 0.892. The lowest BCUT2D eigenvalue weighted by atomic mass is 10.0. The SMILES string of the molecule is CC(=Cc1ccco1)CN1CCCC(Nc2ccc3c(c2)OCO3)C1. The second-order valence-electron chi connectivity index (χ2n) is 6.79. The second-order valence-corrected chi connectivity index (χ2v) is 6.79. The largest absolute Gasteiger partial charge is 0.465 e. The number of piperidine rings is 1. The number of ether oxygens (including phenoxy) is 2. The van der Waals surface area contributed by atoms with E-state index in [1.807, 2.05) is 24.3 Å². The lowest BCUT2D eigenvalue weighted by Gasteiger charge is -2.33. The van der Waals surface area contributed by atoms with Crippen molar-refractivity contribution in [2.45, 2.75) is 25.8 Å². The molecule has 0 aliphatic carbocycles. The van der Waals surface area contributed by atoms with Crippen molar-refractivity contribution in [1.82, 2.24) is 4.90 Å². The molecule has 1 fully saturated rings. The van der Waals surface area contributed by atoms with Crippen LogP contribution in [0.5, 0.6) is 11.5 Å². The molecule has 1 aromatic carbocycles. The van der Waals surface area contributed by atoms with Crippen LogP contribution in [0.25, 0.3) is 6.08 Å². The first-order chi connectivity index (χ1) is 12.3. The van der Waals surface area contributed by atoms with Gasteiger partial charge in [0, 0.05) is 30.9 Å². The summed E-state index contributed by atoms with van der Waals surface area (Å²) in [4.78, 5) is 2.50. The third-order valence-electron chi connectivity index (χ3n) is 4.65. The number of nitrogens with one attached hydrogen (secondary N) is 1. The molecule has 2 aromatic rings. The van der Waals surface area contributed by atoms with Gasteiger partial charge in [-0.2, -0.15) is 0 Å². The normalized spacial score (nSPS) is 20.7. The predicted molar refractivity (Wildman–Crippen MR) is 98.0 cm³/mol. The van der Waals surface area contributed by atoms with E-state index in [4.69, 9.17) is 13.9 Å². The van der Waals surface area contributed by atoms with Crippen LogP contribution in [0.3, 0.4) is 0 Å². The Morgan fingerprint density at radius 1 is 1.28 bits per heavy atom. The van der Waals surface area contributed by atoms with Gasteiger partial charge in [-0.25, -0.2) is 0 Å². The molecule has 3 heterocycles. The third kappa shape index (κ3) is 3.99. The minimum absolute atomic E-state index is 0.317. The van der Waals surface area contributed by atoms with E-state index >= 15 is 0 Å². The minimum Gasteiger partial charge on any atom is -0.465 e. The highest BCUT2D eigenvalue weighted by atomic mass is 16.7. The van der Waals surface area contributed by atoms with Crippen LogP contribution in [-0.2, 0) is 0 Å². The maximum absolute atomic E-state index is 5.46. The molecule has 1 atom stereocenters. The Morgan fingerprint density at radius 2 is 2.20 bits per heavy atom. The molecule has 5 nitrogen and oxygen atoms in total. The summed E-state index contributed by atoms with van der Waals surface area (Å²) in [6, 6.07) is 10.4. The maximum Gasteiger partial charge on any atom is 0.231 e.